The number of hydrogen-bond donors (Lipinski definition) is 1. The normalized spacial score (nSPS) is 20.5. The van der Waals surface area contributed by atoms with Gasteiger partial charge in [0, 0.05) is 19.0 Å². The number of amides is 2. The van der Waals surface area contributed by atoms with E-state index in [0.717, 1.165) is 19.3 Å². The zero-order valence-electron chi connectivity index (χ0n) is 14.8. The predicted molar refractivity (Wildman–Crippen MR) is 97.6 cm³/mol. The molecular formula is C21H24N2O3. The second-order valence-electron chi connectivity index (χ2n) is 7.23. The average Bonchev–Trinajstić information content (AvgIpc) is 3.23. The molecule has 5 heteroatoms. The molecule has 1 atom stereocenters. The van der Waals surface area contributed by atoms with Gasteiger partial charge in [-0.1, -0.05) is 24.3 Å². The van der Waals surface area contributed by atoms with Gasteiger partial charge in [-0.05, 0) is 49.3 Å². The molecule has 1 saturated heterocycles. The molecule has 1 fully saturated rings. The molecule has 5 nitrogen and oxygen atoms in total. The van der Waals surface area contributed by atoms with Crippen LogP contribution in [-0.4, -0.2) is 29.8 Å². The molecule has 0 saturated carbocycles. The standard InChI is InChI=1S/C21H24N2O3/c24-20(22-19-7-3-5-15-4-1-2-6-18(15)19)16-8-11-23(12-9-16)21(25)17-10-13-26-14-17/h1-2,4,6,10,13-14,16,19H,3,5,7-9,11-12H2,(H,22,24). The first kappa shape index (κ1) is 16.9. The quantitative estimate of drug-likeness (QED) is 0.922. The lowest BCUT2D eigenvalue weighted by atomic mass is 9.87. The molecule has 0 bridgehead atoms. The number of nitrogens with zero attached hydrogens (tertiary/aromatic N) is 1. The molecule has 136 valence electrons. The Balaban J connectivity index is 1.34. The maximum Gasteiger partial charge on any atom is 0.257 e. The number of furan rings is 1. The highest BCUT2D eigenvalue weighted by atomic mass is 16.3. The molecule has 1 aromatic heterocycles. The lowest BCUT2D eigenvalue weighted by molar-refractivity contribution is -0.127. The number of nitrogens with one attached hydrogen (secondary N) is 1. The van der Waals surface area contributed by atoms with Crippen LogP contribution in [0.3, 0.4) is 0 Å². The first-order valence-electron chi connectivity index (χ1n) is 9.42. The minimum atomic E-state index is -0.0162. The molecule has 0 spiro atoms. The Labute approximate surface area is 153 Å². The monoisotopic (exact) mass is 352 g/mol. The Morgan fingerprint density at radius 2 is 1.88 bits per heavy atom. The Morgan fingerprint density at radius 3 is 2.65 bits per heavy atom. The van der Waals surface area contributed by atoms with E-state index in [2.05, 4.69) is 23.5 Å². The smallest absolute Gasteiger partial charge is 0.257 e. The van der Waals surface area contributed by atoms with Crippen LogP contribution in [0.2, 0.25) is 0 Å². The molecule has 1 unspecified atom stereocenters. The molecule has 2 aromatic rings. The summed E-state index contributed by atoms with van der Waals surface area (Å²) in [5, 5.41) is 3.26. The van der Waals surface area contributed by atoms with Gasteiger partial charge in [-0.15, -0.1) is 0 Å². The number of aryl methyl sites for hydroxylation is 1. The Kier molecular flexibility index (Phi) is 4.78. The number of hydrogen-bond acceptors (Lipinski definition) is 3. The van der Waals surface area contributed by atoms with Crippen molar-refractivity contribution in [2.75, 3.05) is 13.1 Å². The molecule has 1 aliphatic heterocycles. The van der Waals surface area contributed by atoms with Crippen LogP contribution in [0.15, 0.2) is 47.3 Å². The summed E-state index contributed by atoms with van der Waals surface area (Å²) in [5.74, 6) is 0.0958. The molecule has 2 heterocycles. The summed E-state index contributed by atoms with van der Waals surface area (Å²) in [5.41, 5.74) is 3.19. The van der Waals surface area contributed by atoms with Crippen molar-refractivity contribution in [2.45, 2.75) is 38.1 Å². The second kappa shape index (κ2) is 7.36. The summed E-state index contributed by atoms with van der Waals surface area (Å²) in [6.45, 7) is 1.23. The van der Waals surface area contributed by atoms with Crippen LogP contribution in [0, 0.1) is 5.92 Å². The second-order valence-corrected chi connectivity index (χ2v) is 7.23. The Hall–Kier alpha value is -2.56. The third-order valence-electron chi connectivity index (χ3n) is 5.61. The third-order valence-corrected chi connectivity index (χ3v) is 5.61. The first-order chi connectivity index (χ1) is 12.7. The van der Waals surface area contributed by atoms with Gasteiger partial charge in [-0.25, -0.2) is 0 Å². The van der Waals surface area contributed by atoms with Crippen molar-refractivity contribution in [3.63, 3.8) is 0 Å². The lowest BCUT2D eigenvalue weighted by Gasteiger charge is -2.33. The first-order valence-corrected chi connectivity index (χ1v) is 9.42. The van der Waals surface area contributed by atoms with E-state index in [4.69, 9.17) is 4.42 Å². The van der Waals surface area contributed by atoms with E-state index in [1.54, 1.807) is 6.07 Å². The maximum absolute atomic E-state index is 12.8. The molecule has 0 radical (unpaired) electrons. The van der Waals surface area contributed by atoms with E-state index in [9.17, 15) is 9.59 Å². The summed E-state index contributed by atoms with van der Waals surface area (Å²) in [7, 11) is 0. The largest absolute Gasteiger partial charge is 0.472 e. The highest BCUT2D eigenvalue weighted by Gasteiger charge is 2.30. The number of carbonyl (C=O) groups excluding carboxylic acids is 2. The van der Waals surface area contributed by atoms with E-state index in [-0.39, 0.29) is 23.8 Å². The Bertz CT molecular complexity index is 776. The van der Waals surface area contributed by atoms with Crippen molar-refractivity contribution in [1.29, 1.82) is 0 Å². The van der Waals surface area contributed by atoms with Gasteiger partial charge in [0.2, 0.25) is 5.91 Å². The number of fused-ring (bicyclic) bond motifs is 1. The van der Waals surface area contributed by atoms with Crippen LogP contribution in [-0.2, 0) is 11.2 Å². The van der Waals surface area contributed by atoms with Gasteiger partial charge in [0.1, 0.15) is 6.26 Å². The SMILES string of the molecule is O=C(NC1CCCc2ccccc21)C1CCN(C(=O)c2ccoc2)CC1. The fourth-order valence-electron chi connectivity index (χ4n) is 4.11. The van der Waals surface area contributed by atoms with E-state index in [0.29, 0.717) is 31.5 Å². The summed E-state index contributed by atoms with van der Waals surface area (Å²) in [6.07, 6.45) is 7.61. The zero-order valence-corrected chi connectivity index (χ0v) is 14.8. The third kappa shape index (κ3) is 3.39. The zero-order chi connectivity index (χ0) is 17.9. The molecule has 4 rings (SSSR count). The number of carbonyl (C=O) groups is 2. The van der Waals surface area contributed by atoms with Gasteiger partial charge in [0.25, 0.3) is 5.91 Å². The van der Waals surface area contributed by atoms with E-state index in [1.165, 1.54) is 23.7 Å². The van der Waals surface area contributed by atoms with E-state index < -0.39 is 0 Å². The van der Waals surface area contributed by atoms with Crippen LogP contribution < -0.4 is 5.32 Å². The Morgan fingerprint density at radius 1 is 1.08 bits per heavy atom. The summed E-state index contributed by atoms with van der Waals surface area (Å²) < 4.78 is 4.99. The van der Waals surface area contributed by atoms with Gasteiger partial charge >= 0.3 is 0 Å². The van der Waals surface area contributed by atoms with Crippen molar-refractivity contribution >= 4 is 11.8 Å². The fourth-order valence-corrected chi connectivity index (χ4v) is 4.11. The van der Waals surface area contributed by atoms with Crippen LogP contribution in [0.1, 0.15) is 53.2 Å². The van der Waals surface area contributed by atoms with Gasteiger partial charge in [0.15, 0.2) is 0 Å². The number of rotatable bonds is 3. The molecule has 2 amide bonds. The van der Waals surface area contributed by atoms with E-state index in [1.807, 2.05) is 11.0 Å². The van der Waals surface area contributed by atoms with Crippen molar-refractivity contribution in [3.05, 3.63) is 59.5 Å². The maximum atomic E-state index is 12.8. The lowest BCUT2D eigenvalue weighted by Crippen LogP contribution is -2.44. The van der Waals surface area contributed by atoms with Crippen molar-refractivity contribution in [1.82, 2.24) is 10.2 Å². The van der Waals surface area contributed by atoms with Gasteiger partial charge < -0.3 is 14.6 Å². The number of benzene rings is 1. The van der Waals surface area contributed by atoms with Crippen LogP contribution in [0.4, 0.5) is 0 Å². The summed E-state index contributed by atoms with van der Waals surface area (Å²) in [4.78, 5) is 26.9. The highest BCUT2D eigenvalue weighted by Crippen LogP contribution is 2.30. The minimum Gasteiger partial charge on any atom is -0.472 e. The topological polar surface area (TPSA) is 62.6 Å². The van der Waals surface area contributed by atoms with Crippen LogP contribution in [0.5, 0.6) is 0 Å². The average molecular weight is 352 g/mol. The van der Waals surface area contributed by atoms with Crippen molar-refractivity contribution in [3.8, 4) is 0 Å². The van der Waals surface area contributed by atoms with E-state index >= 15 is 0 Å². The number of piperidine rings is 1. The number of likely N-dealkylation sites (tertiary alicyclic amines) is 1. The van der Waals surface area contributed by atoms with Gasteiger partial charge in [0.05, 0.1) is 17.9 Å². The minimum absolute atomic E-state index is 0.0150. The van der Waals surface area contributed by atoms with Crippen LogP contribution >= 0.6 is 0 Å². The molecular weight excluding hydrogens is 328 g/mol. The van der Waals surface area contributed by atoms with Gasteiger partial charge in [-0.2, -0.15) is 0 Å². The molecule has 1 N–H and O–H groups in total. The molecule has 2 aliphatic rings. The molecule has 26 heavy (non-hydrogen) atoms. The predicted octanol–water partition coefficient (Wildman–Crippen LogP) is 3.33. The van der Waals surface area contributed by atoms with Gasteiger partial charge in [-0.3, -0.25) is 9.59 Å². The highest BCUT2D eigenvalue weighted by molar-refractivity contribution is 5.94. The van der Waals surface area contributed by atoms with Crippen molar-refractivity contribution < 1.29 is 14.0 Å². The van der Waals surface area contributed by atoms with Crippen LogP contribution in [0.25, 0.3) is 0 Å². The summed E-state index contributed by atoms with van der Waals surface area (Å²) in [6, 6.07) is 10.2. The fraction of sp³-hybridized carbons (Fsp3) is 0.429. The summed E-state index contributed by atoms with van der Waals surface area (Å²) >= 11 is 0. The molecule has 1 aliphatic carbocycles. The van der Waals surface area contributed by atoms with Crippen molar-refractivity contribution in [2.24, 2.45) is 5.92 Å². The molecule has 1 aromatic carbocycles.